The highest BCUT2D eigenvalue weighted by atomic mass is 16.6. The zero-order valence-corrected chi connectivity index (χ0v) is 13.0. The minimum Gasteiger partial charge on any atom is -0.459 e. The summed E-state index contributed by atoms with van der Waals surface area (Å²) in [5.74, 6) is 4.75. The van der Waals surface area contributed by atoms with E-state index < -0.39 is 0 Å². The van der Waals surface area contributed by atoms with E-state index in [1.165, 1.54) is 32.1 Å². The van der Waals surface area contributed by atoms with Crippen LogP contribution in [0.2, 0.25) is 0 Å². The van der Waals surface area contributed by atoms with Gasteiger partial charge in [0.05, 0.1) is 5.92 Å². The van der Waals surface area contributed by atoms with Crippen molar-refractivity contribution in [3.8, 4) is 0 Å². The molecule has 2 heteroatoms. The quantitative estimate of drug-likeness (QED) is 0.567. The fourth-order valence-electron chi connectivity index (χ4n) is 6.86. The van der Waals surface area contributed by atoms with Gasteiger partial charge >= 0.3 is 5.97 Å². The fourth-order valence-corrected chi connectivity index (χ4v) is 6.86. The summed E-state index contributed by atoms with van der Waals surface area (Å²) in [4.78, 5) is 12.7. The molecule has 0 radical (unpaired) electrons. The van der Waals surface area contributed by atoms with E-state index in [2.05, 4.69) is 19.1 Å². The summed E-state index contributed by atoms with van der Waals surface area (Å²) in [5, 5.41) is 0. The Kier molecular flexibility index (Phi) is 2.51. The number of allylic oxidation sites excluding steroid dienone is 2. The molecule has 0 aromatic carbocycles. The van der Waals surface area contributed by atoms with Gasteiger partial charge in [0, 0.05) is 5.92 Å². The maximum atomic E-state index is 12.7. The molecule has 0 aromatic heterocycles. The Bertz CT molecular complexity index is 510. The molecule has 5 rings (SSSR count). The monoisotopic (exact) mass is 286 g/mol. The average molecular weight is 286 g/mol. The molecule has 8 unspecified atom stereocenters. The Hall–Kier alpha value is -0.790. The van der Waals surface area contributed by atoms with Crippen LogP contribution < -0.4 is 0 Å². The van der Waals surface area contributed by atoms with E-state index in [9.17, 15) is 4.79 Å². The lowest BCUT2D eigenvalue weighted by Gasteiger charge is -2.40. The molecule has 0 N–H and O–H groups in total. The van der Waals surface area contributed by atoms with Crippen molar-refractivity contribution in [3.05, 3.63) is 12.2 Å². The molecule has 0 aromatic rings. The molecule has 0 amide bonds. The summed E-state index contributed by atoms with van der Waals surface area (Å²) in [7, 11) is 0. The number of ether oxygens (including phenoxy) is 1. The predicted octanol–water partition coefficient (Wildman–Crippen LogP) is 3.96. The van der Waals surface area contributed by atoms with Crippen molar-refractivity contribution < 1.29 is 9.53 Å². The highest BCUT2D eigenvalue weighted by molar-refractivity contribution is 5.74. The van der Waals surface area contributed by atoms with Gasteiger partial charge in [-0.25, -0.2) is 0 Å². The third kappa shape index (κ3) is 1.68. The number of hydrogen-bond acceptors (Lipinski definition) is 2. The van der Waals surface area contributed by atoms with Crippen molar-refractivity contribution in [2.75, 3.05) is 0 Å². The van der Waals surface area contributed by atoms with Gasteiger partial charge in [-0.1, -0.05) is 18.6 Å². The second-order valence-corrected chi connectivity index (χ2v) is 8.69. The standard InChI is InChI=1S/C19H26O2/c1-19(10-13-9-17(19)15-4-2-3-14(13)15)21-18(20)16-8-11-5-6-12(16)7-11/h5-6,11-17H,2-4,7-10H2,1H3. The van der Waals surface area contributed by atoms with Gasteiger partial charge in [-0.05, 0) is 75.0 Å². The first kappa shape index (κ1) is 12.7. The largest absolute Gasteiger partial charge is 0.459 e. The zero-order valence-electron chi connectivity index (χ0n) is 13.0. The molecular formula is C19H26O2. The maximum absolute atomic E-state index is 12.7. The number of hydrogen-bond donors (Lipinski definition) is 0. The maximum Gasteiger partial charge on any atom is 0.310 e. The fraction of sp³-hybridized carbons (Fsp3) is 0.842. The first-order chi connectivity index (χ1) is 10.1. The number of fused-ring (bicyclic) bond motifs is 7. The average Bonchev–Trinajstić information content (AvgIpc) is 3.22. The van der Waals surface area contributed by atoms with Crippen LogP contribution in [0.1, 0.15) is 51.9 Å². The second-order valence-electron chi connectivity index (χ2n) is 8.69. The summed E-state index contributed by atoms with van der Waals surface area (Å²) in [6.45, 7) is 2.24. The molecular weight excluding hydrogens is 260 g/mol. The Morgan fingerprint density at radius 1 is 1.14 bits per heavy atom. The lowest BCUT2D eigenvalue weighted by atomic mass is 9.73. The lowest BCUT2D eigenvalue weighted by molar-refractivity contribution is -0.172. The molecule has 0 heterocycles. The third-order valence-corrected chi connectivity index (χ3v) is 7.67. The van der Waals surface area contributed by atoms with Crippen LogP contribution in [-0.4, -0.2) is 11.6 Å². The van der Waals surface area contributed by atoms with Crippen LogP contribution in [-0.2, 0) is 9.53 Å². The Labute approximate surface area is 127 Å². The van der Waals surface area contributed by atoms with Crippen molar-refractivity contribution in [1.82, 2.24) is 0 Å². The summed E-state index contributed by atoms with van der Waals surface area (Å²) in [6, 6.07) is 0. The molecule has 21 heavy (non-hydrogen) atoms. The van der Waals surface area contributed by atoms with Crippen molar-refractivity contribution in [2.45, 2.75) is 57.5 Å². The molecule has 5 aliphatic rings. The van der Waals surface area contributed by atoms with Gasteiger partial charge in [0.25, 0.3) is 0 Å². The third-order valence-electron chi connectivity index (χ3n) is 7.67. The topological polar surface area (TPSA) is 26.3 Å². The van der Waals surface area contributed by atoms with E-state index in [4.69, 9.17) is 4.74 Å². The molecule has 8 atom stereocenters. The molecule has 0 saturated heterocycles. The van der Waals surface area contributed by atoms with Crippen LogP contribution in [0, 0.1) is 41.4 Å². The van der Waals surface area contributed by atoms with E-state index in [1.807, 2.05) is 0 Å². The molecule has 5 aliphatic carbocycles. The second kappa shape index (κ2) is 4.14. The summed E-state index contributed by atoms with van der Waals surface area (Å²) in [5.41, 5.74) is -0.140. The smallest absolute Gasteiger partial charge is 0.310 e. The molecule has 0 spiro atoms. The van der Waals surface area contributed by atoms with Crippen molar-refractivity contribution >= 4 is 5.97 Å². The molecule has 0 aliphatic heterocycles. The SMILES string of the molecule is CC1(OC(=O)C2CC3C=CC2C3)CC2CC1C1CCCC21. The van der Waals surface area contributed by atoms with Crippen molar-refractivity contribution in [3.63, 3.8) is 0 Å². The minimum absolute atomic E-state index is 0.122. The number of esters is 1. The lowest BCUT2D eigenvalue weighted by Crippen LogP contribution is -2.44. The molecule has 4 saturated carbocycles. The van der Waals surface area contributed by atoms with E-state index in [-0.39, 0.29) is 17.5 Å². The highest BCUT2D eigenvalue weighted by Crippen LogP contribution is 2.63. The Morgan fingerprint density at radius 2 is 2.00 bits per heavy atom. The zero-order chi connectivity index (χ0) is 14.2. The van der Waals surface area contributed by atoms with Gasteiger partial charge < -0.3 is 4.74 Å². The van der Waals surface area contributed by atoms with Gasteiger partial charge in [-0.2, -0.15) is 0 Å². The molecule has 2 nitrogen and oxygen atoms in total. The minimum atomic E-state index is -0.140. The molecule has 4 bridgehead atoms. The van der Waals surface area contributed by atoms with E-state index in [0.717, 1.165) is 30.6 Å². The van der Waals surface area contributed by atoms with Crippen LogP contribution in [0.4, 0.5) is 0 Å². The van der Waals surface area contributed by atoms with Crippen LogP contribution in [0.15, 0.2) is 12.2 Å². The van der Waals surface area contributed by atoms with E-state index in [0.29, 0.717) is 17.8 Å². The summed E-state index contributed by atoms with van der Waals surface area (Å²) >= 11 is 0. The number of carbonyl (C=O) groups excluding carboxylic acids is 1. The normalized spacial score (nSPS) is 56.1. The van der Waals surface area contributed by atoms with Gasteiger partial charge in [0.1, 0.15) is 5.60 Å². The van der Waals surface area contributed by atoms with E-state index in [1.54, 1.807) is 0 Å². The molecule has 114 valence electrons. The first-order valence-corrected chi connectivity index (χ1v) is 9.05. The van der Waals surface area contributed by atoms with Crippen molar-refractivity contribution in [2.24, 2.45) is 41.4 Å². The van der Waals surface area contributed by atoms with Gasteiger partial charge in [-0.3, -0.25) is 4.79 Å². The summed E-state index contributed by atoms with van der Waals surface area (Å²) in [6.07, 6.45) is 13.5. The summed E-state index contributed by atoms with van der Waals surface area (Å²) < 4.78 is 6.20. The van der Waals surface area contributed by atoms with Gasteiger partial charge in [0.2, 0.25) is 0 Å². The van der Waals surface area contributed by atoms with Gasteiger partial charge in [-0.15, -0.1) is 0 Å². The van der Waals surface area contributed by atoms with Crippen LogP contribution >= 0.6 is 0 Å². The Morgan fingerprint density at radius 3 is 2.76 bits per heavy atom. The number of carbonyl (C=O) groups is 1. The van der Waals surface area contributed by atoms with Crippen LogP contribution in [0.25, 0.3) is 0 Å². The predicted molar refractivity (Wildman–Crippen MR) is 80.4 cm³/mol. The van der Waals surface area contributed by atoms with Gasteiger partial charge in [0.15, 0.2) is 0 Å². The van der Waals surface area contributed by atoms with Crippen LogP contribution in [0.5, 0.6) is 0 Å². The highest BCUT2D eigenvalue weighted by Gasteiger charge is 2.61. The van der Waals surface area contributed by atoms with Crippen molar-refractivity contribution in [1.29, 1.82) is 0 Å². The van der Waals surface area contributed by atoms with Crippen LogP contribution in [0.3, 0.4) is 0 Å². The molecule has 4 fully saturated rings. The Balaban J connectivity index is 1.32. The van der Waals surface area contributed by atoms with E-state index >= 15 is 0 Å². The first-order valence-electron chi connectivity index (χ1n) is 9.05. The number of rotatable bonds is 2.